The molecule has 1 saturated heterocycles. The van der Waals surface area contributed by atoms with Crippen LogP contribution in [-0.4, -0.2) is 32.9 Å². The smallest absolute Gasteiger partial charge is 0.257 e. The third-order valence-corrected chi connectivity index (χ3v) is 7.17. The van der Waals surface area contributed by atoms with Gasteiger partial charge in [-0.05, 0) is 49.4 Å². The van der Waals surface area contributed by atoms with Crippen molar-refractivity contribution >= 4 is 50.7 Å². The average Bonchev–Trinajstić information content (AvgIpc) is 2.61. The van der Waals surface area contributed by atoms with Gasteiger partial charge in [0.05, 0.1) is 27.7 Å². The van der Waals surface area contributed by atoms with Crippen molar-refractivity contribution in [2.45, 2.75) is 17.7 Å². The molecule has 5 nitrogen and oxygen atoms in total. The van der Waals surface area contributed by atoms with Crippen LogP contribution >= 0.6 is 23.4 Å². The molecule has 1 amide bonds. The molecule has 1 aliphatic heterocycles. The molecule has 0 unspecified atom stereocenters. The molecule has 0 radical (unpaired) electrons. The Kier molecular flexibility index (Phi) is 5.79. The molecule has 0 bridgehead atoms. The second-order valence-electron chi connectivity index (χ2n) is 5.91. The number of halogens is 1. The van der Waals surface area contributed by atoms with Crippen molar-refractivity contribution in [1.82, 2.24) is 0 Å². The van der Waals surface area contributed by atoms with Gasteiger partial charge in [0.1, 0.15) is 0 Å². The van der Waals surface area contributed by atoms with Crippen LogP contribution in [0, 0.1) is 0 Å². The van der Waals surface area contributed by atoms with E-state index < -0.39 is 10.0 Å². The number of nitrogens with zero attached hydrogens (tertiary/aromatic N) is 1. The first-order valence-corrected chi connectivity index (χ1v) is 11.4. The summed E-state index contributed by atoms with van der Waals surface area (Å²) >= 11 is 7.83. The first kappa shape index (κ1) is 19.1. The zero-order valence-corrected chi connectivity index (χ0v) is 16.6. The zero-order valence-electron chi connectivity index (χ0n) is 14.2. The molecule has 2 aromatic carbocycles. The summed E-state index contributed by atoms with van der Waals surface area (Å²) in [6.07, 6.45) is 3.41. The Morgan fingerprint density at radius 2 is 1.96 bits per heavy atom. The van der Waals surface area contributed by atoms with Crippen molar-refractivity contribution in [3.63, 3.8) is 0 Å². The Morgan fingerprint density at radius 3 is 2.65 bits per heavy atom. The molecule has 0 aromatic heterocycles. The number of hydrogen-bond donors (Lipinski definition) is 1. The minimum absolute atomic E-state index is 0.137. The fourth-order valence-corrected chi connectivity index (χ4v) is 5.31. The number of thioether (sulfide) groups is 1. The molecule has 26 heavy (non-hydrogen) atoms. The quantitative estimate of drug-likeness (QED) is 0.765. The van der Waals surface area contributed by atoms with Crippen LogP contribution < -0.4 is 9.62 Å². The summed E-state index contributed by atoms with van der Waals surface area (Å²) in [5.74, 6) is -0.192. The van der Waals surface area contributed by atoms with E-state index >= 15 is 0 Å². The molecule has 1 aliphatic rings. The summed E-state index contributed by atoms with van der Waals surface area (Å²) in [6, 6.07) is 12.2. The highest BCUT2D eigenvalue weighted by Gasteiger charge is 2.26. The van der Waals surface area contributed by atoms with E-state index in [0.717, 1.165) is 11.3 Å². The minimum Gasteiger partial charge on any atom is -0.321 e. The molecule has 138 valence electrons. The van der Waals surface area contributed by atoms with Gasteiger partial charge in [-0.15, -0.1) is 11.8 Å². The monoisotopic (exact) mass is 410 g/mol. The molecular weight excluding hydrogens is 392 g/mol. The van der Waals surface area contributed by atoms with Crippen LogP contribution in [0.25, 0.3) is 0 Å². The number of nitrogens with one attached hydrogen (secondary N) is 1. The van der Waals surface area contributed by atoms with E-state index in [0.29, 0.717) is 29.9 Å². The van der Waals surface area contributed by atoms with Gasteiger partial charge in [-0.25, -0.2) is 8.42 Å². The number of hydrogen-bond acceptors (Lipinski definition) is 4. The maximum absolute atomic E-state index is 12.6. The minimum atomic E-state index is -3.31. The predicted molar refractivity (Wildman–Crippen MR) is 108 cm³/mol. The number of rotatable bonds is 4. The lowest BCUT2D eigenvalue weighted by atomic mass is 10.1. The van der Waals surface area contributed by atoms with E-state index in [9.17, 15) is 13.2 Å². The van der Waals surface area contributed by atoms with Gasteiger partial charge in [0.2, 0.25) is 10.0 Å². The Balaban J connectivity index is 1.84. The zero-order chi connectivity index (χ0) is 18.7. The summed E-state index contributed by atoms with van der Waals surface area (Å²) in [5, 5.41) is 3.08. The van der Waals surface area contributed by atoms with Gasteiger partial charge in [-0.3, -0.25) is 9.10 Å². The maximum atomic E-state index is 12.6. The highest BCUT2D eigenvalue weighted by atomic mass is 35.5. The summed E-state index contributed by atoms with van der Waals surface area (Å²) < 4.78 is 25.8. The van der Waals surface area contributed by atoms with E-state index in [2.05, 4.69) is 5.32 Å². The molecule has 0 atom stereocenters. The van der Waals surface area contributed by atoms with E-state index in [1.807, 2.05) is 30.5 Å². The standard InChI is InChI=1S/C18H19ClN2O3S2/c1-25-17-7-3-2-6-16(17)20-18(22)14-9-8-13(12-15(14)19)21-10-4-5-11-26(21,23)24/h2-3,6-9,12H,4-5,10-11H2,1H3,(H,20,22). The van der Waals surface area contributed by atoms with E-state index in [1.54, 1.807) is 18.2 Å². The van der Waals surface area contributed by atoms with Gasteiger partial charge < -0.3 is 5.32 Å². The van der Waals surface area contributed by atoms with Crippen molar-refractivity contribution < 1.29 is 13.2 Å². The number of carbonyl (C=O) groups is 1. The molecule has 1 fully saturated rings. The van der Waals surface area contributed by atoms with Crippen LogP contribution in [0.4, 0.5) is 11.4 Å². The number of sulfonamides is 1. The first-order valence-electron chi connectivity index (χ1n) is 8.17. The number of para-hydroxylation sites is 1. The van der Waals surface area contributed by atoms with Gasteiger partial charge in [0.15, 0.2) is 0 Å². The van der Waals surface area contributed by atoms with Crippen LogP contribution in [0.3, 0.4) is 0 Å². The van der Waals surface area contributed by atoms with Crippen molar-refractivity contribution in [3.05, 3.63) is 53.1 Å². The largest absolute Gasteiger partial charge is 0.321 e. The summed E-state index contributed by atoms with van der Waals surface area (Å²) in [4.78, 5) is 13.5. The molecule has 3 rings (SSSR count). The molecule has 8 heteroatoms. The third kappa shape index (κ3) is 4.00. The summed E-state index contributed by atoms with van der Waals surface area (Å²) in [6.45, 7) is 0.436. The molecule has 0 spiro atoms. The SMILES string of the molecule is CSc1ccccc1NC(=O)c1ccc(N2CCCCS2(=O)=O)cc1Cl. The summed E-state index contributed by atoms with van der Waals surface area (Å²) in [7, 11) is -3.31. The molecule has 1 N–H and O–H groups in total. The van der Waals surface area contributed by atoms with Crippen LogP contribution in [0.5, 0.6) is 0 Å². The van der Waals surface area contributed by atoms with E-state index in [4.69, 9.17) is 11.6 Å². The van der Waals surface area contributed by atoms with Crippen molar-refractivity contribution in [3.8, 4) is 0 Å². The maximum Gasteiger partial charge on any atom is 0.257 e. The number of carbonyl (C=O) groups excluding carboxylic acids is 1. The molecular formula is C18H19ClN2O3S2. The molecule has 0 aliphatic carbocycles. The molecule has 1 heterocycles. The van der Waals surface area contributed by atoms with Gasteiger partial charge in [0, 0.05) is 11.4 Å². The highest BCUT2D eigenvalue weighted by molar-refractivity contribution is 7.98. The third-order valence-electron chi connectivity index (χ3n) is 4.19. The fourth-order valence-electron chi connectivity index (χ4n) is 2.86. The van der Waals surface area contributed by atoms with Crippen molar-refractivity contribution in [1.29, 1.82) is 0 Å². The van der Waals surface area contributed by atoms with Crippen molar-refractivity contribution in [2.24, 2.45) is 0 Å². The number of amides is 1. The van der Waals surface area contributed by atoms with Gasteiger partial charge >= 0.3 is 0 Å². The Bertz CT molecular complexity index is 932. The lowest BCUT2D eigenvalue weighted by molar-refractivity contribution is 0.102. The van der Waals surface area contributed by atoms with Crippen LogP contribution in [0.15, 0.2) is 47.4 Å². The van der Waals surface area contributed by atoms with Gasteiger partial charge in [0.25, 0.3) is 5.91 Å². The Hall–Kier alpha value is -1.70. The second kappa shape index (κ2) is 7.90. The average molecular weight is 411 g/mol. The van der Waals surface area contributed by atoms with Crippen LogP contribution in [0.2, 0.25) is 5.02 Å². The van der Waals surface area contributed by atoms with Crippen LogP contribution in [0.1, 0.15) is 23.2 Å². The summed E-state index contributed by atoms with van der Waals surface area (Å²) in [5.41, 5.74) is 1.51. The highest BCUT2D eigenvalue weighted by Crippen LogP contribution is 2.30. The Morgan fingerprint density at radius 1 is 1.19 bits per heavy atom. The van der Waals surface area contributed by atoms with Gasteiger partial charge in [-0.1, -0.05) is 23.7 Å². The van der Waals surface area contributed by atoms with Crippen LogP contribution in [-0.2, 0) is 10.0 Å². The topological polar surface area (TPSA) is 66.5 Å². The molecule has 0 saturated carbocycles. The fraction of sp³-hybridized carbons (Fsp3) is 0.278. The Labute approximate surface area is 162 Å². The van der Waals surface area contributed by atoms with E-state index in [-0.39, 0.29) is 16.7 Å². The number of anilines is 2. The van der Waals surface area contributed by atoms with Crippen molar-refractivity contribution in [2.75, 3.05) is 28.2 Å². The van der Waals surface area contributed by atoms with Gasteiger partial charge in [-0.2, -0.15) is 0 Å². The second-order valence-corrected chi connectivity index (χ2v) is 9.18. The normalized spacial score (nSPS) is 16.3. The molecule has 2 aromatic rings. The first-order chi connectivity index (χ1) is 12.4. The lowest BCUT2D eigenvalue weighted by Gasteiger charge is -2.28. The van der Waals surface area contributed by atoms with E-state index in [1.165, 1.54) is 16.1 Å². The number of benzene rings is 2. The predicted octanol–water partition coefficient (Wildman–Crippen LogP) is 4.24. The lowest BCUT2D eigenvalue weighted by Crippen LogP contribution is -2.37.